The Bertz CT molecular complexity index is 339. The molecule has 0 aliphatic rings. The summed E-state index contributed by atoms with van der Waals surface area (Å²) < 4.78 is 12.8. The van der Waals surface area contributed by atoms with Crippen molar-refractivity contribution in [1.29, 1.82) is 0 Å². The van der Waals surface area contributed by atoms with Crippen LogP contribution in [-0.4, -0.2) is 9.91 Å². The van der Waals surface area contributed by atoms with Crippen LogP contribution >= 0.6 is 0 Å². The lowest BCUT2D eigenvalue weighted by atomic mass is 10.1. The van der Waals surface area contributed by atoms with Crippen molar-refractivity contribution in [3.05, 3.63) is 33.8 Å². The van der Waals surface area contributed by atoms with E-state index < -0.39 is 16.6 Å². The first-order chi connectivity index (χ1) is 6.02. The molecule has 0 aromatic carbocycles. The molecule has 4 nitrogen and oxygen atoms in total. The molecule has 1 aromatic rings. The number of rotatable bonds is 2. The molecular formula is C8H9FN2O2. The van der Waals surface area contributed by atoms with Gasteiger partial charge in [0.1, 0.15) is 0 Å². The molecule has 1 heterocycles. The Morgan fingerprint density at radius 2 is 2.15 bits per heavy atom. The second-order valence-corrected chi connectivity index (χ2v) is 2.95. The molecule has 5 heteroatoms. The van der Waals surface area contributed by atoms with E-state index in [1.54, 1.807) is 0 Å². The van der Waals surface area contributed by atoms with Crippen LogP contribution in [0.5, 0.6) is 0 Å². The lowest BCUT2D eigenvalue weighted by molar-refractivity contribution is -0.392. The van der Waals surface area contributed by atoms with E-state index in [2.05, 4.69) is 4.98 Å². The Hall–Kier alpha value is -1.52. The molecule has 0 atom stereocenters. The summed E-state index contributed by atoms with van der Waals surface area (Å²) in [6, 6.07) is 2.52. The maximum atomic E-state index is 12.8. The third-order valence-corrected chi connectivity index (χ3v) is 1.61. The standard InChI is InChI=1S/C8H9FN2O2/c1-5(2)7-4-3-6(9)8(10-7)11(12)13/h3-5H,1-2H3. The first-order valence-electron chi connectivity index (χ1n) is 3.83. The summed E-state index contributed by atoms with van der Waals surface area (Å²) in [4.78, 5) is 13.1. The zero-order valence-electron chi connectivity index (χ0n) is 7.32. The highest BCUT2D eigenvalue weighted by atomic mass is 19.1. The molecule has 0 fully saturated rings. The number of hydrogen-bond acceptors (Lipinski definition) is 3. The number of halogens is 1. The topological polar surface area (TPSA) is 56.0 Å². The largest absolute Gasteiger partial charge is 0.400 e. The number of aromatic nitrogens is 1. The highest BCUT2D eigenvalue weighted by molar-refractivity contribution is 5.25. The van der Waals surface area contributed by atoms with Gasteiger partial charge in [0, 0.05) is 5.92 Å². The van der Waals surface area contributed by atoms with Crippen molar-refractivity contribution in [2.75, 3.05) is 0 Å². The average molecular weight is 184 g/mol. The van der Waals surface area contributed by atoms with Crippen molar-refractivity contribution in [2.45, 2.75) is 19.8 Å². The molecule has 13 heavy (non-hydrogen) atoms. The first-order valence-corrected chi connectivity index (χ1v) is 3.83. The summed E-state index contributed by atoms with van der Waals surface area (Å²) in [5.74, 6) is -1.54. The van der Waals surface area contributed by atoms with Gasteiger partial charge in [-0.3, -0.25) is 0 Å². The van der Waals surface area contributed by atoms with E-state index in [9.17, 15) is 14.5 Å². The van der Waals surface area contributed by atoms with E-state index in [0.29, 0.717) is 5.69 Å². The monoisotopic (exact) mass is 184 g/mol. The zero-order valence-corrected chi connectivity index (χ0v) is 7.32. The predicted molar refractivity (Wildman–Crippen MR) is 44.9 cm³/mol. The summed E-state index contributed by atoms with van der Waals surface area (Å²) in [6.07, 6.45) is 0. The SMILES string of the molecule is CC(C)c1ccc(F)c([N+](=O)[O-])n1. The molecule has 0 spiro atoms. The summed E-state index contributed by atoms with van der Waals surface area (Å²) in [5.41, 5.74) is 0.521. The van der Waals surface area contributed by atoms with Crippen LogP contribution in [0.1, 0.15) is 25.5 Å². The Morgan fingerprint density at radius 1 is 1.54 bits per heavy atom. The van der Waals surface area contributed by atoms with Gasteiger partial charge in [0.25, 0.3) is 0 Å². The summed E-state index contributed by atoms with van der Waals surface area (Å²) in [7, 11) is 0. The van der Waals surface area contributed by atoms with E-state index in [-0.39, 0.29) is 5.92 Å². The van der Waals surface area contributed by atoms with Crippen molar-refractivity contribution in [3.8, 4) is 0 Å². The third kappa shape index (κ3) is 1.99. The minimum absolute atomic E-state index is 0.0549. The fraction of sp³-hybridized carbons (Fsp3) is 0.375. The second-order valence-electron chi connectivity index (χ2n) is 2.95. The van der Waals surface area contributed by atoms with Gasteiger partial charge >= 0.3 is 5.82 Å². The van der Waals surface area contributed by atoms with Gasteiger partial charge in [0.2, 0.25) is 5.82 Å². The summed E-state index contributed by atoms with van der Waals surface area (Å²) >= 11 is 0. The molecule has 0 bridgehead atoms. The fourth-order valence-electron chi connectivity index (χ4n) is 0.896. The maximum absolute atomic E-state index is 12.8. The highest BCUT2D eigenvalue weighted by Gasteiger charge is 2.18. The van der Waals surface area contributed by atoms with E-state index in [0.717, 1.165) is 6.07 Å². The van der Waals surface area contributed by atoms with E-state index >= 15 is 0 Å². The van der Waals surface area contributed by atoms with Gasteiger partial charge in [-0.15, -0.1) is 0 Å². The quantitative estimate of drug-likeness (QED) is 0.523. The lowest BCUT2D eigenvalue weighted by Gasteiger charge is -1.99. The molecule has 0 aliphatic carbocycles. The molecule has 0 radical (unpaired) electrons. The smallest absolute Gasteiger partial charge is 0.358 e. The van der Waals surface area contributed by atoms with Crippen LogP contribution in [-0.2, 0) is 0 Å². The van der Waals surface area contributed by atoms with Crippen LogP contribution in [0.25, 0.3) is 0 Å². The second kappa shape index (κ2) is 3.47. The van der Waals surface area contributed by atoms with Crippen LogP contribution in [0.4, 0.5) is 10.2 Å². The lowest BCUT2D eigenvalue weighted by Crippen LogP contribution is -2.00. The number of nitro groups is 1. The van der Waals surface area contributed by atoms with E-state index in [1.165, 1.54) is 6.07 Å². The van der Waals surface area contributed by atoms with Crippen LogP contribution in [0, 0.1) is 15.9 Å². The molecular weight excluding hydrogens is 175 g/mol. The van der Waals surface area contributed by atoms with Gasteiger partial charge < -0.3 is 10.1 Å². The summed E-state index contributed by atoms with van der Waals surface area (Å²) in [6.45, 7) is 3.67. The average Bonchev–Trinajstić information content (AvgIpc) is 2.04. The van der Waals surface area contributed by atoms with Crippen LogP contribution in [0.3, 0.4) is 0 Å². The molecule has 0 amide bonds. The molecule has 0 N–H and O–H groups in total. The molecule has 0 saturated carbocycles. The minimum Gasteiger partial charge on any atom is -0.358 e. The van der Waals surface area contributed by atoms with Crippen LogP contribution < -0.4 is 0 Å². The van der Waals surface area contributed by atoms with Crippen LogP contribution in [0.2, 0.25) is 0 Å². The molecule has 1 aromatic heterocycles. The molecule has 0 aliphatic heterocycles. The van der Waals surface area contributed by atoms with Gasteiger partial charge in [-0.1, -0.05) is 13.8 Å². The molecule has 0 saturated heterocycles. The maximum Gasteiger partial charge on any atom is 0.400 e. The van der Waals surface area contributed by atoms with E-state index in [4.69, 9.17) is 0 Å². The number of pyridine rings is 1. The number of nitrogens with zero attached hydrogens (tertiary/aromatic N) is 2. The Morgan fingerprint density at radius 3 is 2.62 bits per heavy atom. The predicted octanol–water partition coefficient (Wildman–Crippen LogP) is 2.25. The van der Waals surface area contributed by atoms with Gasteiger partial charge in [-0.25, -0.2) is 0 Å². The first kappa shape index (κ1) is 9.57. The third-order valence-electron chi connectivity index (χ3n) is 1.61. The Balaban J connectivity index is 3.19. The van der Waals surface area contributed by atoms with Crippen molar-refractivity contribution >= 4 is 5.82 Å². The molecule has 70 valence electrons. The number of hydrogen-bond donors (Lipinski definition) is 0. The van der Waals surface area contributed by atoms with Crippen molar-refractivity contribution < 1.29 is 9.31 Å². The Labute approximate surface area is 74.6 Å². The zero-order chi connectivity index (χ0) is 10.0. The van der Waals surface area contributed by atoms with Crippen molar-refractivity contribution in [1.82, 2.24) is 4.98 Å². The van der Waals surface area contributed by atoms with Crippen molar-refractivity contribution in [2.24, 2.45) is 0 Å². The van der Waals surface area contributed by atoms with Gasteiger partial charge in [0.05, 0.1) is 0 Å². The highest BCUT2D eigenvalue weighted by Crippen LogP contribution is 2.18. The minimum atomic E-state index is -0.894. The van der Waals surface area contributed by atoms with Gasteiger partial charge in [-0.2, -0.15) is 4.39 Å². The molecule has 0 unspecified atom stereocenters. The summed E-state index contributed by atoms with van der Waals surface area (Å²) in [5, 5.41) is 10.3. The van der Waals surface area contributed by atoms with Gasteiger partial charge in [-0.05, 0) is 22.0 Å². The normalized spacial score (nSPS) is 10.5. The van der Waals surface area contributed by atoms with Crippen molar-refractivity contribution in [3.63, 3.8) is 0 Å². The van der Waals surface area contributed by atoms with Crippen LogP contribution in [0.15, 0.2) is 12.1 Å². The fourth-order valence-corrected chi connectivity index (χ4v) is 0.896. The molecule has 1 rings (SSSR count). The van der Waals surface area contributed by atoms with E-state index in [1.807, 2.05) is 13.8 Å². The Kier molecular flexibility index (Phi) is 2.55. The van der Waals surface area contributed by atoms with Gasteiger partial charge in [0.15, 0.2) is 5.69 Å².